The topological polar surface area (TPSA) is 53.4 Å². The van der Waals surface area contributed by atoms with E-state index in [1.165, 1.54) is 12.8 Å². The second-order valence-corrected chi connectivity index (χ2v) is 7.11. The van der Waals surface area contributed by atoms with Gasteiger partial charge in [-0.15, -0.1) is 11.3 Å². The molecule has 0 saturated carbocycles. The lowest BCUT2D eigenvalue weighted by atomic mass is 10.0. The lowest BCUT2D eigenvalue weighted by Gasteiger charge is -2.30. The molecule has 112 valence electrons. The number of aryl methyl sites for hydroxylation is 1. The third-order valence-corrected chi connectivity index (χ3v) is 4.95. The maximum absolute atomic E-state index is 10.8. The van der Waals surface area contributed by atoms with Crippen molar-refractivity contribution in [1.29, 1.82) is 0 Å². The summed E-state index contributed by atoms with van der Waals surface area (Å²) in [6, 6.07) is 0. The van der Waals surface area contributed by atoms with Crippen LogP contribution in [0.4, 0.5) is 5.13 Å². The van der Waals surface area contributed by atoms with Crippen LogP contribution in [0.3, 0.4) is 0 Å². The number of hydrogen-bond acceptors (Lipinski definition) is 4. The summed E-state index contributed by atoms with van der Waals surface area (Å²) in [7, 11) is 0. The molecule has 0 bridgehead atoms. The van der Waals surface area contributed by atoms with Crippen molar-refractivity contribution in [2.24, 2.45) is 5.92 Å². The molecule has 1 saturated heterocycles. The summed E-state index contributed by atoms with van der Waals surface area (Å²) in [5.74, 6) is 0.338. The van der Waals surface area contributed by atoms with Gasteiger partial charge in [0.15, 0.2) is 5.13 Å². The number of carbonyl (C=O) groups is 1. The van der Waals surface area contributed by atoms with Crippen LogP contribution >= 0.6 is 11.3 Å². The molecule has 0 radical (unpaired) electrons. The normalized spacial score (nSPS) is 19.6. The summed E-state index contributed by atoms with van der Waals surface area (Å²) < 4.78 is 0. The number of carboxylic acid groups (broad SMARTS) is 1. The lowest BCUT2D eigenvalue weighted by molar-refractivity contribution is -0.136. The Labute approximate surface area is 124 Å². The Bertz CT molecular complexity index is 470. The van der Waals surface area contributed by atoms with Crippen molar-refractivity contribution >= 4 is 22.4 Å². The third-order valence-electron chi connectivity index (χ3n) is 3.76. The predicted octanol–water partition coefficient (Wildman–Crippen LogP) is 3.52. The zero-order valence-electron chi connectivity index (χ0n) is 12.6. The van der Waals surface area contributed by atoms with Gasteiger partial charge >= 0.3 is 5.97 Å². The highest BCUT2D eigenvalue weighted by Gasteiger charge is 2.22. The number of hydrogen-bond donors (Lipinski definition) is 1. The summed E-state index contributed by atoms with van der Waals surface area (Å²) in [5, 5.41) is 9.95. The molecule has 2 rings (SSSR count). The number of piperidine rings is 1. The molecular formula is C15H24N2O2S. The van der Waals surface area contributed by atoms with Crippen molar-refractivity contribution in [3.05, 3.63) is 10.6 Å². The molecule has 1 unspecified atom stereocenters. The molecule has 1 aliphatic rings. The number of carboxylic acids is 1. The van der Waals surface area contributed by atoms with Crippen LogP contribution in [-0.2, 0) is 11.2 Å². The Balaban J connectivity index is 2.17. The SMILES string of the molecule is CC1CCCN(c2nc(C(C)C)c(CCC(=O)O)s2)C1. The second kappa shape index (κ2) is 6.57. The predicted molar refractivity (Wildman–Crippen MR) is 82.8 cm³/mol. The number of aromatic nitrogens is 1. The molecule has 5 heteroatoms. The van der Waals surface area contributed by atoms with Gasteiger partial charge in [-0.05, 0) is 31.1 Å². The number of rotatable bonds is 5. The zero-order valence-corrected chi connectivity index (χ0v) is 13.4. The summed E-state index contributed by atoms with van der Waals surface area (Å²) in [4.78, 5) is 19.1. The molecule has 0 amide bonds. The maximum Gasteiger partial charge on any atom is 0.303 e. The highest BCUT2D eigenvalue weighted by molar-refractivity contribution is 7.15. The average Bonchev–Trinajstić information content (AvgIpc) is 2.80. The second-order valence-electron chi connectivity index (χ2n) is 6.05. The summed E-state index contributed by atoms with van der Waals surface area (Å²) in [5.41, 5.74) is 1.09. The molecule has 0 spiro atoms. The number of anilines is 1. The van der Waals surface area contributed by atoms with E-state index < -0.39 is 5.97 Å². The first-order chi connectivity index (χ1) is 9.47. The first-order valence-electron chi connectivity index (χ1n) is 7.43. The van der Waals surface area contributed by atoms with Gasteiger partial charge in [-0.3, -0.25) is 4.79 Å². The van der Waals surface area contributed by atoms with Crippen molar-refractivity contribution in [2.45, 2.75) is 52.4 Å². The molecule has 0 aromatic carbocycles. The molecule has 1 fully saturated rings. The first-order valence-corrected chi connectivity index (χ1v) is 8.25. The number of aliphatic carboxylic acids is 1. The number of thiazole rings is 1. The van der Waals surface area contributed by atoms with Gasteiger partial charge in [0.1, 0.15) is 0 Å². The Morgan fingerprint density at radius 2 is 2.30 bits per heavy atom. The molecular weight excluding hydrogens is 272 g/mol. The Kier molecular flexibility index (Phi) is 5.02. The minimum absolute atomic E-state index is 0.192. The van der Waals surface area contributed by atoms with Crippen molar-refractivity contribution in [2.75, 3.05) is 18.0 Å². The quantitative estimate of drug-likeness (QED) is 0.903. The van der Waals surface area contributed by atoms with E-state index in [0.717, 1.165) is 34.7 Å². The Hall–Kier alpha value is -1.10. The summed E-state index contributed by atoms with van der Waals surface area (Å²) in [6.45, 7) is 8.69. The monoisotopic (exact) mass is 296 g/mol. The van der Waals surface area contributed by atoms with Crippen LogP contribution in [0, 0.1) is 5.92 Å². The van der Waals surface area contributed by atoms with E-state index >= 15 is 0 Å². The summed E-state index contributed by atoms with van der Waals surface area (Å²) in [6.07, 6.45) is 3.31. The molecule has 2 heterocycles. The van der Waals surface area contributed by atoms with E-state index in [4.69, 9.17) is 10.1 Å². The molecule has 1 aromatic heterocycles. The van der Waals surface area contributed by atoms with Gasteiger partial charge in [0.2, 0.25) is 0 Å². The van der Waals surface area contributed by atoms with E-state index in [9.17, 15) is 4.79 Å². The van der Waals surface area contributed by atoms with Gasteiger partial charge < -0.3 is 10.0 Å². The van der Waals surface area contributed by atoms with E-state index in [1.807, 2.05) is 0 Å². The van der Waals surface area contributed by atoms with E-state index in [0.29, 0.717) is 12.3 Å². The van der Waals surface area contributed by atoms with Crippen LogP contribution in [0.1, 0.15) is 56.5 Å². The molecule has 1 atom stereocenters. The fraction of sp³-hybridized carbons (Fsp3) is 0.733. The van der Waals surface area contributed by atoms with Gasteiger partial charge in [-0.1, -0.05) is 20.8 Å². The van der Waals surface area contributed by atoms with Crippen LogP contribution in [0.5, 0.6) is 0 Å². The Morgan fingerprint density at radius 3 is 2.90 bits per heavy atom. The molecule has 1 aliphatic heterocycles. The first kappa shape index (κ1) is 15.3. The fourth-order valence-electron chi connectivity index (χ4n) is 2.70. The van der Waals surface area contributed by atoms with Crippen LogP contribution in [0.25, 0.3) is 0 Å². The van der Waals surface area contributed by atoms with Crippen LogP contribution in [-0.4, -0.2) is 29.1 Å². The highest BCUT2D eigenvalue weighted by Crippen LogP contribution is 2.33. The van der Waals surface area contributed by atoms with Crippen molar-refractivity contribution in [3.63, 3.8) is 0 Å². The summed E-state index contributed by atoms with van der Waals surface area (Å²) >= 11 is 1.69. The number of nitrogens with zero attached hydrogens (tertiary/aromatic N) is 2. The smallest absolute Gasteiger partial charge is 0.303 e. The highest BCUT2D eigenvalue weighted by atomic mass is 32.1. The van der Waals surface area contributed by atoms with Gasteiger partial charge in [0, 0.05) is 18.0 Å². The van der Waals surface area contributed by atoms with Gasteiger partial charge in [0.25, 0.3) is 0 Å². The van der Waals surface area contributed by atoms with Gasteiger partial charge in [0.05, 0.1) is 12.1 Å². The fourth-order valence-corrected chi connectivity index (χ4v) is 3.95. The molecule has 4 nitrogen and oxygen atoms in total. The standard InChI is InChI=1S/C15H24N2O2S/c1-10(2)14-12(6-7-13(18)19)20-15(16-14)17-8-4-5-11(3)9-17/h10-11H,4-9H2,1-3H3,(H,18,19). The van der Waals surface area contributed by atoms with E-state index in [2.05, 4.69) is 25.7 Å². The minimum atomic E-state index is -0.735. The van der Waals surface area contributed by atoms with Crippen molar-refractivity contribution in [3.8, 4) is 0 Å². The van der Waals surface area contributed by atoms with Crippen LogP contribution in [0.15, 0.2) is 0 Å². The van der Waals surface area contributed by atoms with E-state index in [-0.39, 0.29) is 6.42 Å². The average molecular weight is 296 g/mol. The van der Waals surface area contributed by atoms with Gasteiger partial charge in [-0.25, -0.2) is 4.98 Å². The minimum Gasteiger partial charge on any atom is -0.481 e. The third kappa shape index (κ3) is 3.72. The lowest BCUT2D eigenvalue weighted by Crippen LogP contribution is -2.34. The maximum atomic E-state index is 10.8. The Morgan fingerprint density at radius 1 is 1.55 bits per heavy atom. The van der Waals surface area contributed by atoms with Crippen LogP contribution < -0.4 is 4.90 Å². The molecule has 1 N–H and O–H groups in total. The molecule has 20 heavy (non-hydrogen) atoms. The van der Waals surface area contributed by atoms with Crippen LogP contribution in [0.2, 0.25) is 0 Å². The van der Waals surface area contributed by atoms with Crippen molar-refractivity contribution < 1.29 is 9.90 Å². The molecule has 1 aromatic rings. The largest absolute Gasteiger partial charge is 0.481 e. The zero-order chi connectivity index (χ0) is 14.7. The van der Waals surface area contributed by atoms with Crippen molar-refractivity contribution in [1.82, 2.24) is 4.98 Å². The van der Waals surface area contributed by atoms with Gasteiger partial charge in [-0.2, -0.15) is 0 Å². The molecule has 0 aliphatic carbocycles. The van der Waals surface area contributed by atoms with E-state index in [1.54, 1.807) is 11.3 Å².